The number of carbonyl (C=O) groups is 3. The second-order valence-electron chi connectivity index (χ2n) is 7.55. The van der Waals surface area contributed by atoms with Crippen molar-refractivity contribution in [3.05, 3.63) is 23.3 Å². The first-order valence-electron chi connectivity index (χ1n) is 9.76. The number of nitrogens with zero attached hydrogens (tertiary/aromatic N) is 5. The first-order valence-corrected chi connectivity index (χ1v) is 9.76. The molecule has 9 nitrogen and oxygen atoms in total. The summed E-state index contributed by atoms with van der Waals surface area (Å²) in [6.07, 6.45) is 4.96. The van der Waals surface area contributed by atoms with Crippen LogP contribution in [0.15, 0.2) is 11.3 Å². The van der Waals surface area contributed by atoms with Gasteiger partial charge in [0.2, 0.25) is 11.8 Å². The van der Waals surface area contributed by atoms with Gasteiger partial charge < -0.3 is 9.80 Å². The highest BCUT2D eigenvalue weighted by Crippen LogP contribution is 2.27. The molecule has 0 aliphatic carbocycles. The first kappa shape index (κ1) is 18.5. The number of aromatic nitrogens is 2. The van der Waals surface area contributed by atoms with E-state index >= 15 is 0 Å². The molecule has 0 spiro atoms. The van der Waals surface area contributed by atoms with Crippen molar-refractivity contribution in [3.63, 3.8) is 0 Å². The van der Waals surface area contributed by atoms with Crippen LogP contribution < -0.4 is 5.43 Å². The molecule has 0 unspecified atom stereocenters. The topological polar surface area (TPSA) is 108 Å². The van der Waals surface area contributed by atoms with Crippen LogP contribution >= 0.6 is 0 Å². The van der Waals surface area contributed by atoms with Crippen LogP contribution in [0.4, 0.5) is 0 Å². The minimum absolute atomic E-state index is 0.122. The zero-order chi connectivity index (χ0) is 19.7. The molecular weight excluding hydrogens is 360 g/mol. The Morgan fingerprint density at radius 2 is 1.89 bits per heavy atom. The van der Waals surface area contributed by atoms with Gasteiger partial charge >= 0.3 is 0 Å². The zero-order valence-corrected chi connectivity index (χ0v) is 16.0. The number of carbonyl (C=O) groups excluding carboxylic acids is 3. The van der Waals surface area contributed by atoms with E-state index in [9.17, 15) is 14.4 Å². The SMILES string of the molecule is CC(=O)N1CCC(c2ncc3c(n2)CCN(C(=O)C2=NNC(=O)CC2)C3)CC1. The van der Waals surface area contributed by atoms with Gasteiger partial charge in [0.1, 0.15) is 11.5 Å². The molecule has 0 bridgehead atoms. The molecule has 0 radical (unpaired) electrons. The number of rotatable bonds is 2. The third-order valence-corrected chi connectivity index (χ3v) is 5.70. The van der Waals surface area contributed by atoms with Crippen LogP contribution in [0.3, 0.4) is 0 Å². The quantitative estimate of drug-likeness (QED) is 0.792. The highest BCUT2D eigenvalue weighted by molar-refractivity contribution is 6.39. The molecule has 0 aromatic carbocycles. The van der Waals surface area contributed by atoms with Gasteiger partial charge in [-0.25, -0.2) is 15.4 Å². The number of fused-ring (bicyclic) bond motifs is 1. The second-order valence-corrected chi connectivity index (χ2v) is 7.55. The lowest BCUT2D eigenvalue weighted by molar-refractivity contribution is -0.130. The van der Waals surface area contributed by atoms with Crippen LogP contribution in [0.1, 0.15) is 55.6 Å². The van der Waals surface area contributed by atoms with Crippen LogP contribution in [0.25, 0.3) is 0 Å². The van der Waals surface area contributed by atoms with Gasteiger partial charge in [0.25, 0.3) is 5.91 Å². The third kappa shape index (κ3) is 3.74. The molecule has 0 saturated carbocycles. The van der Waals surface area contributed by atoms with Gasteiger partial charge in [-0.3, -0.25) is 14.4 Å². The standard InChI is InChI=1S/C19H24N6O3/c1-12(26)24-7-4-13(5-8-24)18-20-10-14-11-25(9-6-15(14)21-18)19(28)16-2-3-17(27)23-22-16/h10,13H,2-9,11H2,1H3,(H,23,27). The lowest BCUT2D eigenvalue weighted by Crippen LogP contribution is -2.43. The van der Waals surface area contributed by atoms with Crippen LogP contribution in [-0.4, -0.2) is 62.8 Å². The minimum atomic E-state index is -0.157. The van der Waals surface area contributed by atoms with Crippen molar-refractivity contribution in [2.75, 3.05) is 19.6 Å². The van der Waals surface area contributed by atoms with Gasteiger partial charge in [0.05, 0.1) is 5.69 Å². The number of nitrogens with one attached hydrogen (secondary N) is 1. The van der Waals surface area contributed by atoms with Crippen LogP contribution in [-0.2, 0) is 27.3 Å². The number of amides is 3. The molecule has 148 valence electrons. The molecule has 28 heavy (non-hydrogen) atoms. The highest BCUT2D eigenvalue weighted by Gasteiger charge is 2.29. The fraction of sp³-hybridized carbons (Fsp3) is 0.579. The van der Waals surface area contributed by atoms with Crippen molar-refractivity contribution in [3.8, 4) is 0 Å². The van der Waals surface area contributed by atoms with Crippen LogP contribution in [0, 0.1) is 0 Å². The van der Waals surface area contributed by atoms with Gasteiger partial charge in [-0.05, 0) is 12.8 Å². The number of hydrazone groups is 1. The number of piperidine rings is 1. The Morgan fingerprint density at radius 1 is 1.11 bits per heavy atom. The Labute approximate surface area is 163 Å². The molecule has 3 aliphatic rings. The van der Waals surface area contributed by atoms with Gasteiger partial charge in [-0.1, -0.05) is 0 Å². The molecule has 4 rings (SSSR count). The van der Waals surface area contributed by atoms with E-state index in [0.29, 0.717) is 38.1 Å². The van der Waals surface area contributed by atoms with E-state index in [-0.39, 0.29) is 23.6 Å². The lowest BCUT2D eigenvalue weighted by atomic mass is 9.95. The van der Waals surface area contributed by atoms with E-state index in [1.165, 1.54) is 0 Å². The second kappa shape index (κ2) is 7.65. The van der Waals surface area contributed by atoms with Gasteiger partial charge in [-0.2, -0.15) is 5.10 Å². The van der Waals surface area contributed by atoms with Crippen molar-refractivity contribution >= 4 is 23.4 Å². The maximum Gasteiger partial charge on any atom is 0.270 e. The molecular formula is C19H24N6O3. The summed E-state index contributed by atoms with van der Waals surface area (Å²) in [6, 6.07) is 0. The highest BCUT2D eigenvalue weighted by atomic mass is 16.2. The number of hydrogen-bond donors (Lipinski definition) is 1. The van der Waals surface area contributed by atoms with Gasteiger partial charge in [0, 0.05) is 70.0 Å². The molecule has 1 N–H and O–H groups in total. The number of hydrogen-bond acceptors (Lipinski definition) is 6. The summed E-state index contributed by atoms with van der Waals surface area (Å²) < 4.78 is 0. The summed E-state index contributed by atoms with van der Waals surface area (Å²) in [5.74, 6) is 0.959. The van der Waals surface area contributed by atoms with Gasteiger partial charge in [-0.15, -0.1) is 0 Å². The summed E-state index contributed by atoms with van der Waals surface area (Å²) in [4.78, 5) is 48.3. The molecule has 1 aromatic rings. The Balaban J connectivity index is 1.41. The summed E-state index contributed by atoms with van der Waals surface area (Å²) >= 11 is 0. The Kier molecular flexibility index (Phi) is 5.06. The first-order chi connectivity index (χ1) is 13.5. The Hall–Kier alpha value is -2.84. The smallest absolute Gasteiger partial charge is 0.270 e. The molecule has 1 fully saturated rings. The van der Waals surface area contributed by atoms with Crippen molar-refractivity contribution in [1.82, 2.24) is 25.2 Å². The minimum Gasteiger partial charge on any atom is -0.343 e. The predicted octanol–water partition coefficient (Wildman–Crippen LogP) is 0.353. The molecule has 1 aromatic heterocycles. The zero-order valence-electron chi connectivity index (χ0n) is 16.0. The van der Waals surface area contributed by atoms with E-state index in [1.54, 1.807) is 11.8 Å². The maximum atomic E-state index is 12.6. The van der Waals surface area contributed by atoms with Crippen molar-refractivity contribution in [2.45, 2.75) is 51.5 Å². The summed E-state index contributed by atoms with van der Waals surface area (Å²) in [5, 5.41) is 3.90. The Morgan fingerprint density at radius 3 is 2.57 bits per heavy atom. The fourth-order valence-corrected chi connectivity index (χ4v) is 3.97. The molecule has 3 amide bonds. The van der Waals surface area contributed by atoms with E-state index in [4.69, 9.17) is 4.98 Å². The Bertz CT molecular complexity index is 844. The normalized spacial score (nSPS) is 20.3. The van der Waals surface area contributed by atoms with E-state index < -0.39 is 0 Å². The largest absolute Gasteiger partial charge is 0.343 e. The van der Waals surface area contributed by atoms with E-state index in [1.807, 2.05) is 11.1 Å². The van der Waals surface area contributed by atoms with Crippen molar-refractivity contribution < 1.29 is 14.4 Å². The average molecular weight is 384 g/mol. The van der Waals surface area contributed by atoms with Crippen LogP contribution in [0.5, 0.6) is 0 Å². The van der Waals surface area contributed by atoms with E-state index in [0.717, 1.165) is 43.0 Å². The average Bonchev–Trinajstić information content (AvgIpc) is 2.73. The molecule has 1 saturated heterocycles. The third-order valence-electron chi connectivity index (χ3n) is 5.70. The van der Waals surface area contributed by atoms with Crippen molar-refractivity contribution in [1.29, 1.82) is 0 Å². The monoisotopic (exact) mass is 384 g/mol. The van der Waals surface area contributed by atoms with E-state index in [2.05, 4.69) is 15.5 Å². The van der Waals surface area contributed by atoms with Crippen molar-refractivity contribution in [2.24, 2.45) is 5.10 Å². The molecule has 0 atom stereocenters. The predicted molar refractivity (Wildman–Crippen MR) is 100 cm³/mol. The number of likely N-dealkylation sites (tertiary alicyclic amines) is 1. The fourth-order valence-electron chi connectivity index (χ4n) is 3.97. The summed E-state index contributed by atoms with van der Waals surface area (Å²) in [7, 11) is 0. The molecule has 9 heteroatoms. The molecule has 4 heterocycles. The lowest BCUT2D eigenvalue weighted by Gasteiger charge is -2.32. The molecule has 3 aliphatic heterocycles. The van der Waals surface area contributed by atoms with Crippen LogP contribution in [0.2, 0.25) is 0 Å². The maximum absolute atomic E-state index is 12.6. The summed E-state index contributed by atoms with van der Waals surface area (Å²) in [6.45, 7) is 4.15. The van der Waals surface area contributed by atoms with Gasteiger partial charge in [0.15, 0.2) is 0 Å². The summed E-state index contributed by atoms with van der Waals surface area (Å²) in [5.41, 5.74) is 4.74.